The Hall–Kier alpha value is -1.24. The Morgan fingerprint density at radius 1 is 1.00 bits per heavy atom. The fraction of sp³-hybridized carbons (Fsp3) is 0.467. The van der Waals surface area contributed by atoms with Crippen molar-refractivity contribution < 1.29 is 5.11 Å². The molecule has 0 aliphatic carbocycles. The molecule has 0 fully saturated rings. The summed E-state index contributed by atoms with van der Waals surface area (Å²) in [5.74, 6) is 0.340. The van der Waals surface area contributed by atoms with Gasteiger partial charge in [0, 0.05) is 0 Å². The van der Waals surface area contributed by atoms with Crippen molar-refractivity contribution in [1.29, 1.82) is 0 Å². The van der Waals surface area contributed by atoms with E-state index in [9.17, 15) is 0 Å². The van der Waals surface area contributed by atoms with E-state index in [1.54, 1.807) is 12.1 Å². The Labute approximate surface area is 98.8 Å². The van der Waals surface area contributed by atoms with Crippen LogP contribution >= 0.6 is 0 Å². The van der Waals surface area contributed by atoms with Crippen LogP contribution in [-0.4, -0.2) is 5.11 Å². The normalized spacial score (nSPS) is 11.1. The van der Waals surface area contributed by atoms with Crippen LogP contribution in [0.3, 0.4) is 0 Å². The number of hydrogen-bond acceptors (Lipinski definition) is 1. The number of allylic oxidation sites excluding steroid dienone is 2. The molecule has 1 aromatic carbocycles. The van der Waals surface area contributed by atoms with Crippen molar-refractivity contribution in [3.05, 3.63) is 42.0 Å². The minimum absolute atomic E-state index is 0.340. The maximum Gasteiger partial charge on any atom is 0.115 e. The Bertz CT molecular complexity index is 298. The molecule has 88 valence electrons. The Kier molecular flexibility index (Phi) is 6.39. The van der Waals surface area contributed by atoms with E-state index in [2.05, 4.69) is 19.1 Å². The van der Waals surface area contributed by atoms with Gasteiger partial charge >= 0.3 is 0 Å². The summed E-state index contributed by atoms with van der Waals surface area (Å²) in [5.41, 5.74) is 1.25. The van der Waals surface area contributed by atoms with Gasteiger partial charge in [-0.05, 0) is 37.0 Å². The zero-order valence-electron chi connectivity index (χ0n) is 10.2. The van der Waals surface area contributed by atoms with Gasteiger partial charge in [-0.3, -0.25) is 0 Å². The summed E-state index contributed by atoms with van der Waals surface area (Å²) in [4.78, 5) is 0. The molecule has 0 amide bonds. The average Bonchev–Trinajstić information content (AvgIpc) is 2.30. The zero-order chi connectivity index (χ0) is 11.6. The van der Waals surface area contributed by atoms with Gasteiger partial charge < -0.3 is 5.11 Å². The highest BCUT2D eigenvalue weighted by Crippen LogP contribution is 2.10. The van der Waals surface area contributed by atoms with Crippen LogP contribution in [0.25, 0.3) is 0 Å². The highest BCUT2D eigenvalue weighted by Gasteiger charge is 1.90. The fourth-order valence-corrected chi connectivity index (χ4v) is 1.66. The van der Waals surface area contributed by atoms with E-state index >= 15 is 0 Å². The van der Waals surface area contributed by atoms with Crippen molar-refractivity contribution in [3.63, 3.8) is 0 Å². The molecule has 1 N–H and O–H groups in total. The second-order valence-corrected chi connectivity index (χ2v) is 4.19. The first-order valence-electron chi connectivity index (χ1n) is 6.26. The molecule has 0 spiro atoms. The predicted octanol–water partition coefficient (Wildman–Crippen LogP) is 4.46. The lowest BCUT2D eigenvalue weighted by atomic mass is 10.1. The van der Waals surface area contributed by atoms with E-state index < -0.39 is 0 Å². The standard InChI is InChI=1S/C15H22O/c1-2-3-4-5-6-7-8-9-14-10-12-15(16)13-11-14/h7-8,10-13,16H,2-6,9H2,1H3/b8-7+. The number of hydrogen-bond donors (Lipinski definition) is 1. The average molecular weight is 218 g/mol. The summed E-state index contributed by atoms with van der Waals surface area (Å²) >= 11 is 0. The van der Waals surface area contributed by atoms with Crippen LogP contribution in [0.15, 0.2) is 36.4 Å². The molecular formula is C15H22O. The molecule has 0 aromatic heterocycles. The van der Waals surface area contributed by atoms with Gasteiger partial charge in [0.1, 0.15) is 5.75 Å². The molecule has 0 bridgehead atoms. The summed E-state index contributed by atoms with van der Waals surface area (Å²) in [6.07, 6.45) is 12.0. The lowest BCUT2D eigenvalue weighted by Gasteiger charge is -1.97. The van der Waals surface area contributed by atoms with Crippen LogP contribution in [0, 0.1) is 0 Å². The van der Waals surface area contributed by atoms with Gasteiger partial charge in [-0.25, -0.2) is 0 Å². The van der Waals surface area contributed by atoms with Crippen molar-refractivity contribution in [2.75, 3.05) is 0 Å². The fourth-order valence-electron chi connectivity index (χ4n) is 1.66. The van der Waals surface area contributed by atoms with Gasteiger partial charge in [-0.2, -0.15) is 0 Å². The third-order valence-electron chi connectivity index (χ3n) is 2.68. The Balaban J connectivity index is 2.14. The summed E-state index contributed by atoms with van der Waals surface area (Å²) < 4.78 is 0. The predicted molar refractivity (Wildman–Crippen MR) is 69.7 cm³/mol. The first kappa shape index (κ1) is 12.8. The van der Waals surface area contributed by atoms with Crippen LogP contribution < -0.4 is 0 Å². The maximum absolute atomic E-state index is 9.13. The van der Waals surface area contributed by atoms with Crippen LogP contribution in [0.4, 0.5) is 0 Å². The third-order valence-corrected chi connectivity index (χ3v) is 2.68. The molecule has 0 atom stereocenters. The first-order valence-corrected chi connectivity index (χ1v) is 6.26. The van der Waals surface area contributed by atoms with Crippen molar-refractivity contribution in [1.82, 2.24) is 0 Å². The maximum atomic E-state index is 9.13. The molecule has 0 saturated carbocycles. The zero-order valence-corrected chi connectivity index (χ0v) is 10.2. The number of unbranched alkanes of at least 4 members (excludes halogenated alkanes) is 4. The van der Waals surface area contributed by atoms with Gasteiger partial charge in [0.2, 0.25) is 0 Å². The molecule has 0 radical (unpaired) electrons. The quantitative estimate of drug-likeness (QED) is 0.529. The number of rotatable bonds is 7. The minimum Gasteiger partial charge on any atom is -0.508 e. The number of phenolic OH excluding ortho intramolecular Hbond substituents is 1. The van der Waals surface area contributed by atoms with E-state index in [1.807, 2.05) is 12.1 Å². The van der Waals surface area contributed by atoms with Crippen molar-refractivity contribution in [3.8, 4) is 5.75 Å². The molecular weight excluding hydrogens is 196 g/mol. The topological polar surface area (TPSA) is 20.2 Å². The third kappa shape index (κ3) is 5.59. The van der Waals surface area contributed by atoms with Gasteiger partial charge in [0.05, 0.1) is 0 Å². The van der Waals surface area contributed by atoms with E-state index in [0.29, 0.717) is 5.75 Å². The largest absolute Gasteiger partial charge is 0.508 e. The van der Waals surface area contributed by atoms with Crippen molar-refractivity contribution >= 4 is 0 Å². The van der Waals surface area contributed by atoms with Crippen LogP contribution in [0.2, 0.25) is 0 Å². The number of aromatic hydroxyl groups is 1. The minimum atomic E-state index is 0.340. The lowest BCUT2D eigenvalue weighted by Crippen LogP contribution is -1.79. The van der Waals surface area contributed by atoms with E-state index in [0.717, 1.165) is 6.42 Å². The second-order valence-electron chi connectivity index (χ2n) is 4.19. The molecule has 16 heavy (non-hydrogen) atoms. The molecule has 0 heterocycles. The molecule has 0 saturated heterocycles. The molecule has 1 aromatic rings. The van der Waals surface area contributed by atoms with E-state index in [-0.39, 0.29) is 0 Å². The number of benzene rings is 1. The first-order chi connectivity index (χ1) is 7.83. The molecule has 1 nitrogen and oxygen atoms in total. The highest BCUT2D eigenvalue weighted by atomic mass is 16.3. The summed E-state index contributed by atoms with van der Waals surface area (Å²) in [6.45, 7) is 2.24. The van der Waals surface area contributed by atoms with E-state index in [1.165, 1.54) is 37.7 Å². The molecule has 1 rings (SSSR count). The molecule has 0 unspecified atom stereocenters. The summed E-state index contributed by atoms with van der Waals surface area (Å²) in [6, 6.07) is 7.42. The molecule has 0 aliphatic rings. The Morgan fingerprint density at radius 2 is 1.75 bits per heavy atom. The lowest BCUT2D eigenvalue weighted by molar-refractivity contribution is 0.475. The molecule has 0 aliphatic heterocycles. The SMILES string of the molecule is CCCCCC/C=C/Cc1ccc(O)cc1. The smallest absolute Gasteiger partial charge is 0.115 e. The van der Waals surface area contributed by atoms with E-state index in [4.69, 9.17) is 5.11 Å². The van der Waals surface area contributed by atoms with Crippen molar-refractivity contribution in [2.45, 2.75) is 45.4 Å². The summed E-state index contributed by atoms with van der Waals surface area (Å²) in [7, 11) is 0. The van der Waals surface area contributed by atoms with Crippen LogP contribution in [0.5, 0.6) is 5.75 Å². The highest BCUT2D eigenvalue weighted by molar-refractivity contribution is 5.27. The summed E-state index contributed by atoms with van der Waals surface area (Å²) in [5, 5.41) is 9.13. The number of phenols is 1. The van der Waals surface area contributed by atoms with Gasteiger partial charge in [0.25, 0.3) is 0 Å². The monoisotopic (exact) mass is 218 g/mol. The van der Waals surface area contributed by atoms with Crippen LogP contribution in [0.1, 0.15) is 44.6 Å². The van der Waals surface area contributed by atoms with Crippen molar-refractivity contribution in [2.24, 2.45) is 0 Å². The van der Waals surface area contributed by atoms with Gasteiger partial charge in [-0.15, -0.1) is 0 Å². The van der Waals surface area contributed by atoms with Gasteiger partial charge in [-0.1, -0.05) is 50.5 Å². The molecule has 1 heteroatoms. The van der Waals surface area contributed by atoms with Gasteiger partial charge in [0.15, 0.2) is 0 Å². The second kappa shape index (κ2) is 7.98. The van der Waals surface area contributed by atoms with Crippen LogP contribution in [-0.2, 0) is 6.42 Å². The Morgan fingerprint density at radius 3 is 2.44 bits per heavy atom.